The summed E-state index contributed by atoms with van der Waals surface area (Å²) in [5, 5.41) is 3.44. The van der Waals surface area contributed by atoms with Crippen molar-refractivity contribution >= 4 is 0 Å². The summed E-state index contributed by atoms with van der Waals surface area (Å²) in [6.07, 6.45) is 1.19. The van der Waals surface area contributed by atoms with Gasteiger partial charge in [0, 0.05) is 19.6 Å². The summed E-state index contributed by atoms with van der Waals surface area (Å²) in [5.41, 5.74) is 2.80. The first-order valence-corrected chi connectivity index (χ1v) is 7.66. The predicted octanol–water partition coefficient (Wildman–Crippen LogP) is 3.66. The van der Waals surface area contributed by atoms with Crippen molar-refractivity contribution in [2.45, 2.75) is 47.2 Å². The molecule has 0 fully saturated rings. The molecule has 0 spiro atoms. The van der Waals surface area contributed by atoms with Gasteiger partial charge in [0.2, 0.25) is 0 Å². The van der Waals surface area contributed by atoms with Crippen molar-refractivity contribution in [3.63, 3.8) is 0 Å². The molecule has 108 valence electrons. The zero-order valence-electron chi connectivity index (χ0n) is 13.1. The van der Waals surface area contributed by atoms with Crippen LogP contribution in [0.1, 0.15) is 45.2 Å². The Morgan fingerprint density at radius 2 is 1.68 bits per heavy atom. The molecule has 0 aliphatic rings. The molecular weight excluding hydrogens is 232 g/mol. The third-order valence-corrected chi connectivity index (χ3v) is 3.26. The van der Waals surface area contributed by atoms with Crippen LogP contribution < -0.4 is 5.32 Å². The predicted molar refractivity (Wildman–Crippen MR) is 84.2 cm³/mol. The van der Waals surface area contributed by atoms with Gasteiger partial charge in [0.15, 0.2) is 0 Å². The molecule has 0 unspecified atom stereocenters. The van der Waals surface area contributed by atoms with Crippen LogP contribution in [0.4, 0.5) is 0 Å². The van der Waals surface area contributed by atoms with E-state index in [1.165, 1.54) is 24.1 Å². The van der Waals surface area contributed by atoms with Crippen molar-refractivity contribution in [1.82, 2.24) is 10.2 Å². The van der Waals surface area contributed by atoms with E-state index in [0.717, 1.165) is 32.1 Å². The third-order valence-electron chi connectivity index (χ3n) is 3.26. The number of hydrogen-bond donors (Lipinski definition) is 1. The Morgan fingerprint density at radius 1 is 1.05 bits per heavy atom. The van der Waals surface area contributed by atoms with Crippen molar-refractivity contribution in [3.8, 4) is 0 Å². The SMILES string of the molecule is CCCNCc1ccc(CN(CC)CC(C)C)cc1. The molecule has 2 heteroatoms. The third kappa shape index (κ3) is 6.74. The first-order chi connectivity index (χ1) is 9.15. The molecule has 19 heavy (non-hydrogen) atoms. The van der Waals surface area contributed by atoms with E-state index in [9.17, 15) is 0 Å². The van der Waals surface area contributed by atoms with Crippen LogP contribution in [-0.2, 0) is 13.1 Å². The Balaban J connectivity index is 2.46. The van der Waals surface area contributed by atoms with Crippen LogP contribution in [0.3, 0.4) is 0 Å². The van der Waals surface area contributed by atoms with Crippen molar-refractivity contribution < 1.29 is 0 Å². The highest BCUT2D eigenvalue weighted by Crippen LogP contribution is 2.09. The van der Waals surface area contributed by atoms with Gasteiger partial charge in [-0.05, 0) is 36.6 Å². The Morgan fingerprint density at radius 3 is 2.21 bits per heavy atom. The van der Waals surface area contributed by atoms with Crippen LogP contribution in [0.2, 0.25) is 0 Å². The van der Waals surface area contributed by atoms with Gasteiger partial charge < -0.3 is 5.32 Å². The molecular formula is C17H30N2. The lowest BCUT2D eigenvalue weighted by molar-refractivity contribution is 0.248. The number of benzene rings is 1. The van der Waals surface area contributed by atoms with Crippen LogP contribution in [-0.4, -0.2) is 24.5 Å². The van der Waals surface area contributed by atoms with E-state index in [4.69, 9.17) is 0 Å². The van der Waals surface area contributed by atoms with Crippen molar-refractivity contribution in [3.05, 3.63) is 35.4 Å². The summed E-state index contributed by atoms with van der Waals surface area (Å²) in [6.45, 7) is 14.5. The molecule has 0 saturated carbocycles. The van der Waals surface area contributed by atoms with Crippen LogP contribution >= 0.6 is 0 Å². The molecule has 0 atom stereocenters. The zero-order chi connectivity index (χ0) is 14.1. The molecule has 0 bridgehead atoms. The topological polar surface area (TPSA) is 15.3 Å². The van der Waals surface area contributed by atoms with Crippen molar-refractivity contribution in [1.29, 1.82) is 0 Å². The van der Waals surface area contributed by atoms with E-state index in [1.807, 2.05) is 0 Å². The molecule has 0 amide bonds. The van der Waals surface area contributed by atoms with Gasteiger partial charge in [-0.1, -0.05) is 52.0 Å². The molecule has 2 nitrogen and oxygen atoms in total. The number of nitrogens with one attached hydrogen (secondary N) is 1. The van der Waals surface area contributed by atoms with Crippen LogP contribution in [0, 0.1) is 5.92 Å². The molecule has 0 aromatic heterocycles. The second-order valence-corrected chi connectivity index (χ2v) is 5.71. The van der Waals surface area contributed by atoms with E-state index >= 15 is 0 Å². The standard InChI is InChI=1S/C17H30N2/c1-5-11-18-12-16-7-9-17(10-8-16)14-19(6-2)13-15(3)4/h7-10,15,18H,5-6,11-14H2,1-4H3. The minimum atomic E-state index is 0.734. The monoisotopic (exact) mass is 262 g/mol. The van der Waals surface area contributed by atoms with Crippen LogP contribution in [0.25, 0.3) is 0 Å². The maximum atomic E-state index is 3.44. The summed E-state index contributed by atoms with van der Waals surface area (Å²) < 4.78 is 0. The second-order valence-electron chi connectivity index (χ2n) is 5.71. The van der Waals surface area contributed by atoms with Gasteiger partial charge in [-0.2, -0.15) is 0 Å². The van der Waals surface area contributed by atoms with Gasteiger partial charge in [0.05, 0.1) is 0 Å². The molecule has 0 saturated heterocycles. The highest BCUT2D eigenvalue weighted by molar-refractivity contribution is 5.22. The molecule has 1 aromatic rings. The summed E-state index contributed by atoms with van der Waals surface area (Å²) >= 11 is 0. The molecule has 0 aliphatic carbocycles. The molecule has 0 aliphatic heterocycles. The van der Waals surface area contributed by atoms with Crippen molar-refractivity contribution in [2.75, 3.05) is 19.6 Å². The fourth-order valence-electron chi connectivity index (χ4n) is 2.25. The van der Waals surface area contributed by atoms with E-state index in [0.29, 0.717) is 0 Å². The van der Waals surface area contributed by atoms with E-state index in [-0.39, 0.29) is 0 Å². The lowest BCUT2D eigenvalue weighted by Crippen LogP contribution is -2.27. The van der Waals surface area contributed by atoms with E-state index in [2.05, 4.69) is 62.2 Å². The summed E-state index contributed by atoms with van der Waals surface area (Å²) in [4.78, 5) is 2.51. The quantitative estimate of drug-likeness (QED) is 0.683. The van der Waals surface area contributed by atoms with Crippen molar-refractivity contribution in [2.24, 2.45) is 5.92 Å². The lowest BCUT2D eigenvalue weighted by Gasteiger charge is -2.22. The Kier molecular flexibility index (Phi) is 7.76. The maximum Gasteiger partial charge on any atom is 0.0233 e. The lowest BCUT2D eigenvalue weighted by atomic mass is 10.1. The van der Waals surface area contributed by atoms with Gasteiger partial charge in [-0.3, -0.25) is 4.90 Å². The molecule has 0 radical (unpaired) electrons. The van der Waals surface area contributed by atoms with Gasteiger partial charge in [0.25, 0.3) is 0 Å². The Labute approximate surface area is 119 Å². The molecule has 0 heterocycles. The van der Waals surface area contributed by atoms with Crippen LogP contribution in [0.5, 0.6) is 0 Å². The number of rotatable bonds is 9. The number of nitrogens with zero attached hydrogens (tertiary/aromatic N) is 1. The normalized spacial score (nSPS) is 11.5. The van der Waals surface area contributed by atoms with E-state index in [1.54, 1.807) is 0 Å². The molecule has 1 aromatic carbocycles. The average Bonchev–Trinajstić information content (AvgIpc) is 2.39. The number of hydrogen-bond acceptors (Lipinski definition) is 2. The maximum absolute atomic E-state index is 3.44. The van der Waals surface area contributed by atoms with Gasteiger partial charge >= 0.3 is 0 Å². The molecule has 1 rings (SSSR count). The first kappa shape index (κ1) is 16.2. The summed E-state index contributed by atoms with van der Waals surface area (Å²) in [5.74, 6) is 0.734. The fourth-order valence-corrected chi connectivity index (χ4v) is 2.25. The van der Waals surface area contributed by atoms with E-state index < -0.39 is 0 Å². The van der Waals surface area contributed by atoms with Gasteiger partial charge in [-0.25, -0.2) is 0 Å². The molecule has 1 N–H and O–H groups in total. The summed E-state index contributed by atoms with van der Waals surface area (Å²) in [6, 6.07) is 9.04. The zero-order valence-corrected chi connectivity index (χ0v) is 13.1. The minimum absolute atomic E-state index is 0.734. The largest absolute Gasteiger partial charge is 0.313 e. The summed E-state index contributed by atoms with van der Waals surface area (Å²) in [7, 11) is 0. The average molecular weight is 262 g/mol. The Bertz CT molecular complexity index is 330. The highest BCUT2D eigenvalue weighted by atomic mass is 15.1. The van der Waals surface area contributed by atoms with Gasteiger partial charge in [-0.15, -0.1) is 0 Å². The smallest absolute Gasteiger partial charge is 0.0233 e. The fraction of sp³-hybridized carbons (Fsp3) is 0.647. The van der Waals surface area contributed by atoms with Crippen LogP contribution in [0.15, 0.2) is 24.3 Å². The second kappa shape index (κ2) is 9.11. The van der Waals surface area contributed by atoms with Gasteiger partial charge in [0.1, 0.15) is 0 Å². The first-order valence-electron chi connectivity index (χ1n) is 7.66. The minimum Gasteiger partial charge on any atom is -0.313 e. The Hall–Kier alpha value is -0.860. The highest BCUT2D eigenvalue weighted by Gasteiger charge is 2.05.